The van der Waals surface area contributed by atoms with Crippen molar-refractivity contribution >= 4 is 5.78 Å². The fourth-order valence-electron chi connectivity index (χ4n) is 0.809. The first kappa shape index (κ1) is 5.66. The Bertz CT molecular complexity index is 268. The van der Waals surface area contributed by atoms with Gasteiger partial charge in [0.2, 0.25) is 0 Å². The van der Waals surface area contributed by atoms with Gasteiger partial charge in [0.15, 0.2) is 0 Å². The van der Waals surface area contributed by atoms with E-state index in [1.54, 1.807) is 12.1 Å². The molecule has 0 heterocycles. The molecule has 1 aromatic carbocycles. The van der Waals surface area contributed by atoms with Crippen molar-refractivity contribution in [3.63, 3.8) is 0 Å². The Hall–Kier alpha value is -1.11. The largest absolute Gasteiger partial charge is 0.300 e. The molecule has 52 valence electrons. The summed E-state index contributed by atoms with van der Waals surface area (Å²) < 4.78 is 7.41. The van der Waals surface area contributed by atoms with Gasteiger partial charge in [0.05, 0.1) is 1.37 Å². The van der Waals surface area contributed by atoms with Gasteiger partial charge < -0.3 is 0 Å². The molecule has 0 fully saturated rings. The van der Waals surface area contributed by atoms with Crippen LogP contribution < -0.4 is 0 Å². The van der Waals surface area contributed by atoms with E-state index < -0.39 is 0 Å². The lowest BCUT2D eigenvalue weighted by molar-refractivity contribution is -0.116. The number of carbonyl (C=O) groups excluding carboxylic acids is 1. The van der Waals surface area contributed by atoms with Gasteiger partial charge in [0.25, 0.3) is 0 Å². The van der Waals surface area contributed by atoms with E-state index in [-0.39, 0.29) is 5.78 Å². The topological polar surface area (TPSA) is 17.1 Å². The molecule has 0 spiro atoms. The molecule has 10 heavy (non-hydrogen) atoms. The second-order valence-electron chi connectivity index (χ2n) is 2.27. The Balaban J connectivity index is 2.86. The highest BCUT2D eigenvalue weighted by atomic mass is 16.1. The van der Waals surface area contributed by atoms with Crippen molar-refractivity contribution in [2.24, 2.45) is 0 Å². The van der Waals surface area contributed by atoms with Gasteiger partial charge in [0.1, 0.15) is 5.78 Å². The average Bonchev–Trinajstić information content (AvgIpc) is 1.93. The predicted octanol–water partition coefficient (Wildman–Crippen LogP) is 1.82. The number of rotatable bonds is 2. The van der Waals surface area contributed by atoms with Crippen molar-refractivity contribution < 1.29 is 6.17 Å². The van der Waals surface area contributed by atoms with Gasteiger partial charge in [-0.05, 0) is 12.5 Å². The van der Waals surface area contributed by atoms with Crippen LogP contribution in [0, 0.1) is 0 Å². The quantitative estimate of drug-likeness (QED) is 0.606. The van der Waals surface area contributed by atoms with E-state index in [0.29, 0.717) is 12.5 Å². The number of ketones is 1. The van der Waals surface area contributed by atoms with E-state index in [4.69, 9.17) is 1.37 Å². The van der Waals surface area contributed by atoms with Gasteiger partial charge in [-0.15, -0.1) is 0 Å². The molecule has 0 aliphatic heterocycles. The van der Waals surface area contributed by atoms with Crippen molar-refractivity contribution in [1.29, 1.82) is 0 Å². The van der Waals surface area contributed by atoms with Crippen molar-refractivity contribution in [2.45, 2.75) is 13.3 Å². The highest BCUT2D eigenvalue weighted by Crippen LogP contribution is 1.98. The highest BCUT2D eigenvalue weighted by molar-refractivity contribution is 5.78. The van der Waals surface area contributed by atoms with Gasteiger partial charge in [-0.1, -0.05) is 30.3 Å². The highest BCUT2D eigenvalue weighted by Gasteiger charge is 1.93. The van der Waals surface area contributed by atoms with Crippen molar-refractivity contribution in [2.75, 3.05) is 0 Å². The molecule has 0 atom stereocenters. The third kappa shape index (κ3) is 2.02. The summed E-state index contributed by atoms with van der Waals surface area (Å²) in [6, 6.07) is 7.59. The number of hydrogen-bond acceptors (Lipinski definition) is 1. The van der Waals surface area contributed by atoms with Crippen LogP contribution >= 0.6 is 0 Å². The molecule has 0 bridgehead atoms. The molecular formula is C9H10O. The summed E-state index contributed by atoms with van der Waals surface area (Å²) >= 11 is 0. The summed E-state index contributed by atoms with van der Waals surface area (Å²) in [7, 11) is 0. The fraction of sp³-hybridized carbons (Fsp3) is 0.222. The van der Waals surface area contributed by atoms with Gasteiger partial charge in [0, 0.05) is 6.42 Å². The minimum Gasteiger partial charge on any atom is -0.300 e. The monoisotopic (exact) mass is 136 g/mol. The maximum Gasteiger partial charge on any atom is 0.134 e. The summed E-state index contributed by atoms with van der Waals surface area (Å²) in [4.78, 5) is 10.7. The third-order valence-corrected chi connectivity index (χ3v) is 1.21. The van der Waals surface area contributed by atoms with Crippen molar-refractivity contribution in [3.05, 3.63) is 35.9 Å². The Labute approximate surface area is 62.1 Å². The lowest BCUT2D eigenvalue weighted by atomic mass is 10.1. The second kappa shape index (κ2) is 3.16. The zero-order chi connectivity index (χ0) is 8.27. The first-order valence-corrected chi connectivity index (χ1v) is 3.24. The Kier molecular flexibility index (Phi) is 1.79. The predicted molar refractivity (Wildman–Crippen MR) is 40.8 cm³/mol. The number of benzene rings is 1. The molecule has 0 aliphatic carbocycles. The summed E-state index contributed by atoms with van der Waals surface area (Å²) in [5.41, 5.74) is 0.806. The minimum atomic E-state index is 0.102. The molecule has 0 radical (unpaired) electrons. The molecule has 1 rings (SSSR count). The zero-order valence-corrected chi connectivity index (χ0v) is 5.92. The Morgan fingerprint density at radius 2 is 2.40 bits per heavy atom. The van der Waals surface area contributed by atoms with Crippen LogP contribution in [0.25, 0.3) is 0 Å². The third-order valence-electron chi connectivity index (χ3n) is 1.21. The van der Waals surface area contributed by atoms with Gasteiger partial charge in [-0.25, -0.2) is 0 Å². The first-order valence-electron chi connectivity index (χ1n) is 3.74. The van der Waals surface area contributed by atoms with Crippen LogP contribution in [-0.2, 0) is 11.2 Å². The van der Waals surface area contributed by atoms with Crippen LogP contribution in [0.3, 0.4) is 0 Å². The molecule has 0 saturated heterocycles. The van der Waals surface area contributed by atoms with Crippen LogP contribution in [0.2, 0.25) is 0 Å². The van der Waals surface area contributed by atoms with Crippen LogP contribution in [-0.4, -0.2) is 5.78 Å². The average molecular weight is 136 g/mol. The SMILES string of the molecule is [3H]c1ccccc1CC(C)=O. The van der Waals surface area contributed by atoms with Gasteiger partial charge in [-0.2, -0.15) is 0 Å². The number of carbonyl (C=O) groups is 1. The molecule has 0 aliphatic rings. The van der Waals surface area contributed by atoms with Crippen molar-refractivity contribution in [1.82, 2.24) is 0 Å². The molecule has 0 amide bonds. The molecule has 0 N–H and O–H groups in total. The van der Waals surface area contributed by atoms with E-state index in [0.717, 1.165) is 5.56 Å². The maximum atomic E-state index is 10.7. The van der Waals surface area contributed by atoms with Crippen LogP contribution in [0.4, 0.5) is 0 Å². The summed E-state index contributed by atoms with van der Waals surface area (Å²) in [6.45, 7) is 1.53. The molecule has 0 unspecified atom stereocenters. The lowest BCUT2D eigenvalue weighted by Crippen LogP contribution is -1.94. The van der Waals surface area contributed by atoms with E-state index >= 15 is 0 Å². The van der Waals surface area contributed by atoms with Crippen LogP contribution in [0.15, 0.2) is 30.3 Å². The summed E-state index contributed by atoms with van der Waals surface area (Å²) in [5.74, 6) is 0.102. The second-order valence-corrected chi connectivity index (χ2v) is 2.27. The number of Topliss-reactive ketones (excluding diaryl/α,β-unsaturated/α-hetero) is 1. The normalized spacial score (nSPS) is 10.7. The first-order chi connectivity index (χ1) is 5.20. The van der Waals surface area contributed by atoms with E-state index in [1.165, 1.54) is 6.92 Å². The molecule has 0 aromatic heterocycles. The smallest absolute Gasteiger partial charge is 0.134 e. The Morgan fingerprint density at radius 1 is 1.60 bits per heavy atom. The van der Waals surface area contributed by atoms with Crippen molar-refractivity contribution in [3.8, 4) is 0 Å². The molecule has 1 heteroatoms. The Morgan fingerprint density at radius 3 is 3.00 bits per heavy atom. The van der Waals surface area contributed by atoms with Gasteiger partial charge in [-0.3, -0.25) is 4.79 Å². The van der Waals surface area contributed by atoms with Crippen LogP contribution in [0.1, 0.15) is 13.9 Å². The van der Waals surface area contributed by atoms with E-state index in [9.17, 15) is 4.79 Å². The molecular weight excluding hydrogens is 124 g/mol. The summed E-state index contributed by atoms with van der Waals surface area (Å²) in [5, 5.41) is 0. The standard InChI is InChI=1S/C9H10O/c1-8(10)7-9-5-3-2-4-6-9/h2-6H,7H2,1H3/i5T. The minimum absolute atomic E-state index is 0.102. The van der Waals surface area contributed by atoms with E-state index in [1.807, 2.05) is 12.1 Å². The summed E-state index contributed by atoms with van der Waals surface area (Å²) in [6.07, 6.45) is 0.375. The lowest BCUT2D eigenvalue weighted by Gasteiger charge is -1.93. The fourth-order valence-corrected chi connectivity index (χ4v) is 0.809. The maximum absolute atomic E-state index is 10.7. The number of hydrogen-bond donors (Lipinski definition) is 0. The molecule has 0 saturated carbocycles. The van der Waals surface area contributed by atoms with E-state index in [2.05, 4.69) is 0 Å². The zero-order valence-electron chi connectivity index (χ0n) is 6.92. The molecule has 1 aromatic rings. The van der Waals surface area contributed by atoms with Crippen LogP contribution in [0.5, 0.6) is 0 Å². The van der Waals surface area contributed by atoms with Gasteiger partial charge >= 0.3 is 0 Å². The molecule has 1 nitrogen and oxygen atoms in total.